The molecule has 0 radical (unpaired) electrons. The molecule has 0 aromatic heterocycles. The maximum absolute atomic E-state index is 13.0. The van der Waals surface area contributed by atoms with Crippen LogP contribution in [-0.2, 0) is 9.59 Å². The van der Waals surface area contributed by atoms with Crippen LogP contribution in [0.15, 0.2) is 24.3 Å². The third kappa shape index (κ3) is 3.79. The summed E-state index contributed by atoms with van der Waals surface area (Å²) in [6.45, 7) is 5.40. The Balaban J connectivity index is 1.33. The minimum absolute atomic E-state index is 0.106. The van der Waals surface area contributed by atoms with Crippen LogP contribution in [-0.4, -0.2) is 47.8 Å². The molecule has 4 rings (SSSR count). The van der Waals surface area contributed by atoms with Crippen LogP contribution in [0.3, 0.4) is 0 Å². The monoisotopic (exact) mass is 354 g/mol. The lowest BCUT2D eigenvalue weighted by Crippen LogP contribution is -2.47. The molecule has 3 aliphatic rings. The summed E-state index contributed by atoms with van der Waals surface area (Å²) in [5.41, 5.74) is 2.66. The summed E-state index contributed by atoms with van der Waals surface area (Å²) in [5, 5.41) is 0. The normalized spacial score (nSPS) is 24.6. The molecule has 2 aliphatic heterocycles. The average molecular weight is 354 g/mol. The number of carbonyl (C=O) groups excluding carboxylic acids is 2. The minimum Gasteiger partial charge on any atom is -0.342 e. The van der Waals surface area contributed by atoms with Crippen molar-refractivity contribution in [3.8, 4) is 0 Å². The fourth-order valence-corrected chi connectivity index (χ4v) is 4.57. The quantitative estimate of drug-likeness (QED) is 0.835. The Morgan fingerprint density at radius 2 is 1.58 bits per heavy atom. The van der Waals surface area contributed by atoms with E-state index < -0.39 is 0 Å². The highest BCUT2D eigenvalue weighted by Gasteiger charge is 2.37. The first kappa shape index (κ1) is 17.6. The molecule has 2 heterocycles. The van der Waals surface area contributed by atoms with E-state index in [0.29, 0.717) is 23.7 Å². The fraction of sp³-hybridized carbons (Fsp3) is 0.636. The lowest BCUT2D eigenvalue weighted by molar-refractivity contribution is -0.142. The molecule has 2 saturated heterocycles. The highest BCUT2D eigenvalue weighted by molar-refractivity contribution is 5.82. The van der Waals surface area contributed by atoms with Gasteiger partial charge >= 0.3 is 0 Å². The topological polar surface area (TPSA) is 40.6 Å². The van der Waals surface area contributed by atoms with Gasteiger partial charge < -0.3 is 9.80 Å². The van der Waals surface area contributed by atoms with E-state index in [1.165, 1.54) is 17.5 Å². The minimum atomic E-state index is 0.106. The van der Waals surface area contributed by atoms with E-state index in [1.807, 2.05) is 4.90 Å². The molecular weight excluding hydrogens is 324 g/mol. The average Bonchev–Trinajstić information content (AvgIpc) is 3.52. The van der Waals surface area contributed by atoms with Crippen molar-refractivity contribution in [3.05, 3.63) is 35.4 Å². The largest absolute Gasteiger partial charge is 0.342 e. The van der Waals surface area contributed by atoms with Gasteiger partial charge in [-0.1, -0.05) is 29.8 Å². The summed E-state index contributed by atoms with van der Waals surface area (Å²) >= 11 is 0. The van der Waals surface area contributed by atoms with Crippen LogP contribution in [0.1, 0.15) is 55.6 Å². The summed E-state index contributed by atoms with van der Waals surface area (Å²) < 4.78 is 0. The smallest absolute Gasteiger partial charge is 0.225 e. The summed E-state index contributed by atoms with van der Waals surface area (Å²) in [5.74, 6) is 1.51. The molecule has 4 nitrogen and oxygen atoms in total. The van der Waals surface area contributed by atoms with Crippen LogP contribution >= 0.6 is 0 Å². The van der Waals surface area contributed by atoms with E-state index in [2.05, 4.69) is 36.1 Å². The number of carbonyl (C=O) groups is 2. The van der Waals surface area contributed by atoms with Gasteiger partial charge in [-0.2, -0.15) is 0 Å². The number of hydrogen-bond acceptors (Lipinski definition) is 2. The zero-order valence-corrected chi connectivity index (χ0v) is 15.8. The number of benzene rings is 1. The lowest BCUT2D eigenvalue weighted by atomic mass is 9.88. The number of amides is 2. The summed E-state index contributed by atoms with van der Waals surface area (Å²) in [7, 11) is 0. The molecule has 4 heteroatoms. The first-order valence-electron chi connectivity index (χ1n) is 10.3. The van der Waals surface area contributed by atoms with Crippen LogP contribution in [0.2, 0.25) is 0 Å². The molecule has 1 aliphatic carbocycles. The maximum atomic E-state index is 13.0. The standard InChI is InChI=1S/C22H30N2O2/c1-16-4-2-5-19(14-16)20-6-3-11-24(15-20)22(26)18-9-12-23(13-10-18)21(25)17-7-8-17/h2,4-5,14,17-18,20H,3,6-13,15H2,1H3/t20-/m0/s1. The van der Waals surface area contributed by atoms with Crippen molar-refractivity contribution >= 4 is 11.8 Å². The molecule has 1 atom stereocenters. The van der Waals surface area contributed by atoms with Crippen molar-refractivity contribution in [2.24, 2.45) is 11.8 Å². The second-order valence-corrected chi connectivity index (χ2v) is 8.41. The molecule has 1 aromatic rings. The molecule has 0 bridgehead atoms. The van der Waals surface area contributed by atoms with Gasteiger partial charge in [0.2, 0.25) is 11.8 Å². The number of likely N-dealkylation sites (tertiary alicyclic amines) is 2. The molecule has 0 N–H and O–H groups in total. The van der Waals surface area contributed by atoms with E-state index >= 15 is 0 Å². The van der Waals surface area contributed by atoms with Crippen LogP contribution in [0, 0.1) is 18.8 Å². The SMILES string of the molecule is Cc1cccc([C@H]2CCCN(C(=O)C3CCN(C(=O)C4CC4)CC3)C2)c1. The Labute approximate surface area is 156 Å². The van der Waals surface area contributed by atoms with Gasteiger partial charge in [0.1, 0.15) is 0 Å². The van der Waals surface area contributed by atoms with Crippen LogP contribution in [0.5, 0.6) is 0 Å². The predicted octanol–water partition coefficient (Wildman–Crippen LogP) is 3.35. The Kier molecular flexibility index (Phi) is 5.01. The third-order valence-corrected chi connectivity index (χ3v) is 6.33. The molecule has 0 spiro atoms. The Morgan fingerprint density at radius 3 is 2.27 bits per heavy atom. The predicted molar refractivity (Wildman–Crippen MR) is 102 cm³/mol. The number of rotatable bonds is 3. The van der Waals surface area contributed by atoms with Gasteiger partial charge in [-0.05, 0) is 51.0 Å². The van der Waals surface area contributed by atoms with Gasteiger partial charge in [0.25, 0.3) is 0 Å². The van der Waals surface area contributed by atoms with E-state index in [1.54, 1.807) is 0 Å². The fourth-order valence-electron chi connectivity index (χ4n) is 4.57. The zero-order valence-electron chi connectivity index (χ0n) is 15.8. The van der Waals surface area contributed by atoms with Crippen molar-refractivity contribution in [2.75, 3.05) is 26.2 Å². The van der Waals surface area contributed by atoms with Crippen molar-refractivity contribution in [3.63, 3.8) is 0 Å². The van der Waals surface area contributed by atoms with E-state index in [4.69, 9.17) is 0 Å². The first-order valence-corrected chi connectivity index (χ1v) is 10.3. The Morgan fingerprint density at radius 1 is 0.885 bits per heavy atom. The van der Waals surface area contributed by atoms with Gasteiger partial charge in [0.05, 0.1) is 0 Å². The Hall–Kier alpha value is -1.84. The van der Waals surface area contributed by atoms with Gasteiger partial charge in [-0.3, -0.25) is 9.59 Å². The van der Waals surface area contributed by atoms with Crippen molar-refractivity contribution in [1.82, 2.24) is 9.80 Å². The highest BCUT2D eigenvalue weighted by Crippen LogP contribution is 2.33. The van der Waals surface area contributed by atoms with Gasteiger partial charge in [0, 0.05) is 43.9 Å². The molecule has 26 heavy (non-hydrogen) atoms. The second-order valence-electron chi connectivity index (χ2n) is 8.41. The molecule has 1 saturated carbocycles. The van der Waals surface area contributed by atoms with Crippen molar-refractivity contribution in [2.45, 2.75) is 51.4 Å². The lowest BCUT2D eigenvalue weighted by Gasteiger charge is -2.38. The van der Waals surface area contributed by atoms with Crippen LogP contribution in [0.4, 0.5) is 0 Å². The van der Waals surface area contributed by atoms with Crippen LogP contribution in [0.25, 0.3) is 0 Å². The molecule has 1 aromatic carbocycles. The first-order chi connectivity index (χ1) is 12.6. The molecule has 0 unspecified atom stereocenters. The molecule has 2 amide bonds. The third-order valence-electron chi connectivity index (χ3n) is 6.33. The molecule has 3 fully saturated rings. The van der Waals surface area contributed by atoms with Gasteiger partial charge in [-0.25, -0.2) is 0 Å². The maximum Gasteiger partial charge on any atom is 0.225 e. The molecular formula is C22H30N2O2. The summed E-state index contributed by atoms with van der Waals surface area (Å²) in [6.07, 6.45) is 6.05. The summed E-state index contributed by atoms with van der Waals surface area (Å²) in [4.78, 5) is 29.3. The zero-order chi connectivity index (χ0) is 18.1. The number of piperidine rings is 2. The van der Waals surface area contributed by atoms with Crippen LogP contribution < -0.4 is 0 Å². The van der Waals surface area contributed by atoms with E-state index in [-0.39, 0.29) is 5.92 Å². The number of nitrogens with zero attached hydrogens (tertiary/aromatic N) is 2. The van der Waals surface area contributed by atoms with Gasteiger partial charge in [0.15, 0.2) is 0 Å². The van der Waals surface area contributed by atoms with Crippen molar-refractivity contribution in [1.29, 1.82) is 0 Å². The number of aryl methyl sites for hydroxylation is 1. The number of hydrogen-bond donors (Lipinski definition) is 0. The molecule has 140 valence electrons. The van der Waals surface area contributed by atoms with E-state index in [0.717, 1.165) is 58.3 Å². The highest BCUT2D eigenvalue weighted by atomic mass is 16.2. The summed E-state index contributed by atoms with van der Waals surface area (Å²) in [6, 6.07) is 8.72. The second kappa shape index (κ2) is 7.42. The Bertz CT molecular complexity index is 674. The van der Waals surface area contributed by atoms with Gasteiger partial charge in [-0.15, -0.1) is 0 Å². The van der Waals surface area contributed by atoms with E-state index in [9.17, 15) is 9.59 Å². The van der Waals surface area contributed by atoms with Crippen molar-refractivity contribution < 1.29 is 9.59 Å².